The van der Waals surface area contributed by atoms with Crippen molar-refractivity contribution in [3.63, 3.8) is 0 Å². The van der Waals surface area contributed by atoms with Gasteiger partial charge in [0.2, 0.25) is 0 Å². The van der Waals surface area contributed by atoms with Crippen LogP contribution in [-0.4, -0.2) is 25.9 Å². The number of hydrogen-bond acceptors (Lipinski definition) is 3. The van der Waals surface area contributed by atoms with E-state index in [0.29, 0.717) is 21.5 Å². The summed E-state index contributed by atoms with van der Waals surface area (Å²) in [7, 11) is 0. The Bertz CT molecular complexity index is 933. The molecule has 5 nitrogen and oxygen atoms in total. The summed E-state index contributed by atoms with van der Waals surface area (Å²) in [5, 5.41) is 30.1. The monoisotopic (exact) mass is 351 g/mol. The first-order valence-corrected chi connectivity index (χ1v) is 7.35. The number of halogens is 2. The molecule has 0 saturated heterocycles. The van der Waals surface area contributed by atoms with E-state index in [1.807, 2.05) is 0 Å². The first-order valence-electron chi connectivity index (χ1n) is 6.59. The molecule has 3 aromatic rings. The molecule has 0 spiro atoms. The van der Waals surface area contributed by atoms with Crippen LogP contribution < -0.4 is 0 Å². The molecule has 0 unspecified atom stereocenters. The van der Waals surface area contributed by atoms with Gasteiger partial charge >= 0.3 is 5.97 Å². The van der Waals surface area contributed by atoms with Crippen molar-refractivity contribution in [3.05, 3.63) is 57.7 Å². The number of nitrogens with zero attached hydrogens (tertiary/aromatic N) is 1. The molecular formula is C16H11Cl2NO4. The van der Waals surface area contributed by atoms with E-state index < -0.39 is 5.97 Å². The van der Waals surface area contributed by atoms with Gasteiger partial charge in [-0.05, 0) is 30.3 Å². The van der Waals surface area contributed by atoms with Crippen LogP contribution in [-0.2, 0) is 6.54 Å². The van der Waals surface area contributed by atoms with Crippen LogP contribution in [0.5, 0.6) is 11.5 Å². The summed E-state index contributed by atoms with van der Waals surface area (Å²) in [4.78, 5) is 11.1. The van der Waals surface area contributed by atoms with Crippen LogP contribution in [0.3, 0.4) is 0 Å². The van der Waals surface area contributed by atoms with Crippen LogP contribution in [0.2, 0.25) is 10.0 Å². The number of aromatic hydroxyl groups is 2. The normalized spacial score (nSPS) is 11.0. The Balaban J connectivity index is 2.09. The molecule has 0 saturated carbocycles. The van der Waals surface area contributed by atoms with Crippen LogP contribution in [0.15, 0.2) is 36.5 Å². The average Bonchev–Trinajstić information content (AvgIpc) is 2.88. The fraction of sp³-hybridized carbons (Fsp3) is 0.0625. The lowest BCUT2D eigenvalue weighted by Crippen LogP contribution is -2.00. The Morgan fingerprint density at radius 3 is 2.52 bits per heavy atom. The second-order valence-electron chi connectivity index (χ2n) is 5.04. The third-order valence-corrected chi connectivity index (χ3v) is 4.11. The second kappa shape index (κ2) is 5.68. The van der Waals surface area contributed by atoms with Crippen molar-refractivity contribution in [2.45, 2.75) is 6.54 Å². The molecule has 3 N–H and O–H groups in total. The number of aromatic nitrogens is 1. The molecule has 0 aliphatic carbocycles. The number of fused-ring (bicyclic) bond motifs is 1. The van der Waals surface area contributed by atoms with Gasteiger partial charge in [-0.3, -0.25) is 0 Å². The molecule has 1 heterocycles. The fourth-order valence-corrected chi connectivity index (χ4v) is 3.03. The molecule has 0 radical (unpaired) electrons. The predicted octanol–water partition coefficient (Wildman–Crippen LogP) is 4.11. The van der Waals surface area contributed by atoms with E-state index in [2.05, 4.69) is 0 Å². The van der Waals surface area contributed by atoms with Gasteiger partial charge in [0, 0.05) is 22.2 Å². The molecular weight excluding hydrogens is 341 g/mol. The van der Waals surface area contributed by atoms with Crippen LogP contribution in [0.4, 0.5) is 0 Å². The molecule has 23 heavy (non-hydrogen) atoms. The number of hydrogen-bond donors (Lipinski definition) is 3. The third kappa shape index (κ3) is 2.69. The third-order valence-electron chi connectivity index (χ3n) is 3.60. The van der Waals surface area contributed by atoms with Gasteiger partial charge in [-0.2, -0.15) is 0 Å². The van der Waals surface area contributed by atoms with Gasteiger partial charge in [-0.25, -0.2) is 4.79 Å². The topological polar surface area (TPSA) is 82.7 Å². The fourth-order valence-electron chi connectivity index (χ4n) is 2.49. The Hall–Kier alpha value is -2.37. The minimum atomic E-state index is -1.20. The number of benzene rings is 2. The summed E-state index contributed by atoms with van der Waals surface area (Å²) in [6, 6.07) is 7.59. The molecule has 2 aromatic carbocycles. The second-order valence-corrected chi connectivity index (χ2v) is 5.88. The smallest absolute Gasteiger partial charge is 0.339 e. The van der Waals surface area contributed by atoms with E-state index in [0.717, 1.165) is 0 Å². The lowest BCUT2D eigenvalue weighted by Gasteiger charge is -2.10. The molecule has 0 aliphatic heterocycles. The van der Waals surface area contributed by atoms with Crippen molar-refractivity contribution in [2.75, 3.05) is 0 Å². The van der Waals surface area contributed by atoms with Crippen LogP contribution in [0.25, 0.3) is 10.9 Å². The maximum absolute atomic E-state index is 11.1. The number of carboxylic acids is 1. The van der Waals surface area contributed by atoms with Crippen molar-refractivity contribution in [3.8, 4) is 11.5 Å². The Labute approximate surface area is 140 Å². The Morgan fingerprint density at radius 2 is 1.83 bits per heavy atom. The molecule has 0 fully saturated rings. The first-order chi connectivity index (χ1) is 10.9. The minimum absolute atomic E-state index is 0.0655. The molecule has 0 amide bonds. The van der Waals surface area contributed by atoms with E-state index in [9.17, 15) is 15.0 Å². The van der Waals surface area contributed by atoms with Gasteiger partial charge < -0.3 is 19.9 Å². The largest absolute Gasteiger partial charge is 0.506 e. The summed E-state index contributed by atoms with van der Waals surface area (Å²) in [5.41, 5.74) is 0.980. The zero-order chi connectivity index (χ0) is 16.7. The predicted molar refractivity (Wildman–Crippen MR) is 87.8 cm³/mol. The highest BCUT2D eigenvalue weighted by molar-refractivity contribution is 6.35. The lowest BCUT2D eigenvalue weighted by molar-refractivity contribution is 0.0694. The molecule has 0 aliphatic rings. The van der Waals surface area contributed by atoms with E-state index in [4.69, 9.17) is 28.3 Å². The van der Waals surface area contributed by atoms with Gasteiger partial charge in [0.25, 0.3) is 0 Å². The van der Waals surface area contributed by atoms with Gasteiger partial charge in [0.15, 0.2) is 0 Å². The number of phenols is 2. The highest BCUT2D eigenvalue weighted by Gasteiger charge is 2.16. The van der Waals surface area contributed by atoms with Crippen LogP contribution in [0, 0.1) is 0 Å². The summed E-state index contributed by atoms with van der Waals surface area (Å²) in [6.07, 6.45) is 1.68. The Morgan fingerprint density at radius 1 is 1.09 bits per heavy atom. The van der Waals surface area contributed by atoms with Gasteiger partial charge in [-0.15, -0.1) is 0 Å². The maximum Gasteiger partial charge on any atom is 0.339 e. The van der Waals surface area contributed by atoms with Crippen LogP contribution >= 0.6 is 23.2 Å². The highest BCUT2D eigenvalue weighted by Crippen LogP contribution is 2.34. The number of phenolic OH excluding ortho intramolecular Hbond substituents is 1. The lowest BCUT2D eigenvalue weighted by atomic mass is 10.1. The molecule has 0 bridgehead atoms. The van der Waals surface area contributed by atoms with Gasteiger partial charge in [0.05, 0.1) is 17.1 Å². The maximum atomic E-state index is 11.1. The molecule has 3 rings (SSSR count). The number of carbonyl (C=O) groups is 1. The SMILES string of the molecule is O=C(O)c1ccc2c(ccn2Cc2cc(Cl)cc(Cl)c2O)c1O. The van der Waals surface area contributed by atoms with E-state index in [1.54, 1.807) is 29.0 Å². The number of aromatic carboxylic acids is 1. The average molecular weight is 352 g/mol. The number of rotatable bonds is 3. The Kier molecular flexibility index (Phi) is 3.83. The highest BCUT2D eigenvalue weighted by atomic mass is 35.5. The summed E-state index contributed by atoms with van der Waals surface area (Å²) >= 11 is 11.9. The van der Waals surface area contributed by atoms with Gasteiger partial charge in [-0.1, -0.05) is 23.2 Å². The zero-order valence-electron chi connectivity index (χ0n) is 11.6. The van der Waals surface area contributed by atoms with Crippen molar-refractivity contribution < 1.29 is 20.1 Å². The zero-order valence-corrected chi connectivity index (χ0v) is 13.1. The molecule has 0 atom stereocenters. The van der Waals surface area contributed by atoms with Gasteiger partial charge in [0.1, 0.15) is 17.1 Å². The van der Waals surface area contributed by atoms with E-state index in [-0.39, 0.29) is 28.6 Å². The number of carboxylic acid groups (broad SMARTS) is 1. The molecule has 118 valence electrons. The molecule has 1 aromatic heterocycles. The molecule has 7 heteroatoms. The van der Waals surface area contributed by atoms with Crippen molar-refractivity contribution in [1.82, 2.24) is 4.57 Å². The van der Waals surface area contributed by atoms with Crippen LogP contribution in [0.1, 0.15) is 15.9 Å². The summed E-state index contributed by atoms with van der Waals surface area (Å²) in [6.45, 7) is 0.265. The van der Waals surface area contributed by atoms with E-state index >= 15 is 0 Å². The van der Waals surface area contributed by atoms with Crippen molar-refractivity contribution in [2.24, 2.45) is 0 Å². The quantitative estimate of drug-likeness (QED) is 0.663. The minimum Gasteiger partial charge on any atom is -0.506 e. The van der Waals surface area contributed by atoms with Crippen molar-refractivity contribution >= 4 is 40.1 Å². The summed E-state index contributed by atoms with van der Waals surface area (Å²) < 4.78 is 1.75. The standard InChI is InChI=1S/C16H11Cl2NO4/c17-9-5-8(14(20)12(18)6-9)7-19-4-3-10-13(19)2-1-11(15(10)21)16(22)23/h1-6,20-21H,7H2,(H,22,23). The van der Waals surface area contributed by atoms with Crippen molar-refractivity contribution in [1.29, 1.82) is 0 Å². The first kappa shape index (κ1) is 15.5. The van der Waals surface area contributed by atoms with E-state index in [1.165, 1.54) is 12.1 Å². The summed E-state index contributed by atoms with van der Waals surface area (Å²) in [5.74, 6) is -1.55.